The van der Waals surface area contributed by atoms with Crippen molar-refractivity contribution < 1.29 is 22.7 Å². The smallest absolute Gasteiger partial charge is 0.244 e. The third kappa shape index (κ3) is 7.36. The zero-order valence-electron chi connectivity index (χ0n) is 20.0. The molecule has 2 rings (SSSR count). The van der Waals surface area contributed by atoms with Gasteiger partial charge in [-0.25, -0.2) is 8.42 Å². The Bertz CT molecular complexity index is 1080. The standard InChI is InChI=1S/C24H32ClN3O5S/c1-5-14-26-24(30)21(6-2)27(16-18-10-8-7-9-11-18)23(29)17-28(34(4,31)32)19-12-13-22(33-3)20(25)15-19/h7-13,15,21H,5-6,14,16-17H2,1-4H3,(H,26,30). The van der Waals surface area contributed by atoms with Gasteiger partial charge in [0, 0.05) is 13.1 Å². The Morgan fingerprint density at radius 1 is 1.12 bits per heavy atom. The number of carbonyl (C=O) groups excluding carboxylic acids is 2. The minimum atomic E-state index is -3.84. The van der Waals surface area contributed by atoms with Crippen molar-refractivity contribution >= 4 is 39.1 Å². The number of rotatable bonds is 12. The van der Waals surface area contributed by atoms with Crippen molar-refractivity contribution in [2.45, 2.75) is 39.3 Å². The number of nitrogens with one attached hydrogen (secondary N) is 1. The van der Waals surface area contributed by atoms with Crippen LogP contribution in [-0.2, 0) is 26.2 Å². The third-order valence-electron chi connectivity index (χ3n) is 5.23. The SMILES string of the molecule is CCCNC(=O)C(CC)N(Cc1ccccc1)C(=O)CN(c1ccc(OC)c(Cl)c1)S(C)(=O)=O. The van der Waals surface area contributed by atoms with Crippen LogP contribution in [0.25, 0.3) is 0 Å². The maximum absolute atomic E-state index is 13.5. The number of hydrogen-bond acceptors (Lipinski definition) is 5. The van der Waals surface area contributed by atoms with Crippen molar-refractivity contribution in [2.24, 2.45) is 0 Å². The number of ether oxygens (including phenoxy) is 1. The van der Waals surface area contributed by atoms with Gasteiger partial charge in [-0.3, -0.25) is 13.9 Å². The van der Waals surface area contributed by atoms with Crippen LogP contribution in [0, 0.1) is 0 Å². The van der Waals surface area contributed by atoms with Gasteiger partial charge in [0.25, 0.3) is 0 Å². The zero-order valence-corrected chi connectivity index (χ0v) is 21.5. The molecule has 1 N–H and O–H groups in total. The van der Waals surface area contributed by atoms with E-state index in [0.29, 0.717) is 18.7 Å². The minimum Gasteiger partial charge on any atom is -0.495 e. The summed E-state index contributed by atoms with van der Waals surface area (Å²) in [6, 6.07) is 13.0. The minimum absolute atomic E-state index is 0.165. The van der Waals surface area contributed by atoms with Gasteiger partial charge in [-0.1, -0.05) is 55.8 Å². The molecule has 2 aromatic carbocycles. The molecule has 0 aliphatic rings. The van der Waals surface area contributed by atoms with Gasteiger partial charge < -0.3 is 15.0 Å². The summed E-state index contributed by atoms with van der Waals surface area (Å²) in [6.45, 7) is 3.93. The van der Waals surface area contributed by atoms with E-state index in [1.165, 1.54) is 30.2 Å². The van der Waals surface area contributed by atoms with Crippen molar-refractivity contribution in [3.8, 4) is 5.75 Å². The Balaban J connectivity index is 2.42. The molecule has 186 valence electrons. The van der Waals surface area contributed by atoms with Crippen LogP contribution in [0.1, 0.15) is 32.3 Å². The van der Waals surface area contributed by atoms with E-state index in [1.807, 2.05) is 44.2 Å². The molecule has 10 heteroatoms. The van der Waals surface area contributed by atoms with Crippen molar-refractivity contribution in [2.75, 3.05) is 30.8 Å². The fraction of sp³-hybridized carbons (Fsp3) is 0.417. The maximum Gasteiger partial charge on any atom is 0.244 e. The van der Waals surface area contributed by atoms with Crippen LogP contribution in [0.15, 0.2) is 48.5 Å². The molecule has 2 aromatic rings. The first-order valence-electron chi connectivity index (χ1n) is 11.0. The Morgan fingerprint density at radius 3 is 2.32 bits per heavy atom. The first-order valence-corrected chi connectivity index (χ1v) is 13.3. The summed E-state index contributed by atoms with van der Waals surface area (Å²) in [6.07, 6.45) is 2.15. The van der Waals surface area contributed by atoms with E-state index in [9.17, 15) is 18.0 Å². The van der Waals surface area contributed by atoms with Crippen molar-refractivity contribution in [3.05, 3.63) is 59.1 Å². The number of methoxy groups -OCH3 is 1. The molecule has 1 atom stereocenters. The van der Waals surface area contributed by atoms with E-state index in [2.05, 4.69) is 5.32 Å². The Hall–Kier alpha value is -2.78. The molecule has 0 fully saturated rings. The maximum atomic E-state index is 13.5. The first-order chi connectivity index (χ1) is 16.1. The lowest BCUT2D eigenvalue weighted by molar-refractivity contribution is -0.140. The average Bonchev–Trinajstić information content (AvgIpc) is 2.80. The van der Waals surface area contributed by atoms with E-state index in [1.54, 1.807) is 0 Å². The fourth-order valence-electron chi connectivity index (χ4n) is 3.49. The van der Waals surface area contributed by atoms with Gasteiger partial charge in [0.2, 0.25) is 21.8 Å². The second-order valence-electron chi connectivity index (χ2n) is 7.81. The summed E-state index contributed by atoms with van der Waals surface area (Å²) in [5, 5.41) is 3.06. The number of carbonyl (C=O) groups is 2. The highest BCUT2D eigenvalue weighted by Crippen LogP contribution is 2.30. The van der Waals surface area contributed by atoms with Gasteiger partial charge >= 0.3 is 0 Å². The third-order valence-corrected chi connectivity index (χ3v) is 6.67. The van der Waals surface area contributed by atoms with Crippen LogP contribution in [0.4, 0.5) is 5.69 Å². The van der Waals surface area contributed by atoms with Gasteiger partial charge in [-0.15, -0.1) is 0 Å². The molecule has 2 amide bonds. The van der Waals surface area contributed by atoms with Crippen LogP contribution in [0.5, 0.6) is 5.75 Å². The molecule has 0 heterocycles. The number of hydrogen-bond donors (Lipinski definition) is 1. The Labute approximate surface area is 206 Å². The predicted octanol–water partition coefficient (Wildman–Crippen LogP) is 3.45. The Kier molecular flexibility index (Phi) is 10.2. The molecule has 0 saturated heterocycles. The molecule has 34 heavy (non-hydrogen) atoms. The number of amides is 2. The first kappa shape index (κ1) is 27.5. The van der Waals surface area contributed by atoms with Crippen molar-refractivity contribution in [3.63, 3.8) is 0 Å². The van der Waals surface area contributed by atoms with Gasteiger partial charge in [0.1, 0.15) is 18.3 Å². The van der Waals surface area contributed by atoms with Crippen LogP contribution in [0.2, 0.25) is 5.02 Å². The van der Waals surface area contributed by atoms with E-state index >= 15 is 0 Å². The normalized spacial score (nSPS) is 12.0. The van der Waals surface area contributed by atoms with E-state index in [4.69, 9.17) is 16.3 Å². The lowest BCUT2D eigenvalue weighted by Crippen LogP contribution is -2.52. The molecule has 0 spiro atoms. The predicted molar refractivity (Wildman–Crippen MR) is 135 cm³/mol. The molecule has 0 aliphatic heterocycles. The lowest BCUT2D eigenvalue weighted by Gasteiger charge is -2.33. The summed E-state index contributed by atoms with van der Waals surface area (Å²) in [4.78, 5) is 27.8. The summed E-state index contributed by atoms with van der Waals surface area (Å²) >= 11 is 6.20. The van der Waals surface area contributed by atoms with E-state index < -0.39 is 28.5 Å². The fourth-order valence-corrected chi connectivity index (χ4v) is 4.58. The van der Waals surface area contributed by atoms with Gasteiger partial charge in [0.05, 0.1) is 24.1 Å². The van der Waals surface area contributed by atoms with Crippen LogP contribution >= 0.6 is 11.6 Å². The zero-order chi connectivity index (χ0) is 25.3. The number of benzene rings is 2. The molecular formula is C24H32ClN3O5S. The second-order valence-corrected chi connectivity index (χ2v) is 10.1. The summed E-state index contributed by atoms with van der Waals surface area (Å²) in [5.74, 6) is -0.388. The summed E-state index contributed by atoms with van der Waals surface area (Å²) < 4.78 is 31.4. The highest BCUT2D eigenvalue weighted by atomic mass is 35.5. The number of nitrogens with zero attached hydrogens (tertiary/aromatic N) is 2. The molecule has 0 saturated carbocycles. The molecule has 0 aliphatic carbocycles. The second kappa shape index (κ2) is 12.6. The van der Waals surface area contributed by atoms with Gasteiger partial charge in [0.15, 0.2) is 0 Å². The van der Waals surface area contributed by atoms with Gasteiger partial charge in [-0.05, 0) is 36.6 Å². The van der Waals surface area contributed by atoms with Crippen molar-refractivity contribution in [1.82, 2.24) is 10.2 Å². The number of halogens is 1. The molecule has 0 radical (unpaired) electrons. The number of anilines is 1. The van der Waals surface area contributed by atoms with E-state index in [-0.39, 0.29) is 23.2 Å². The van der Waals surface area contributed by atoms with Gasteiger partial charge in [-0.2, -0.15) is 0 Å². The topological polar surface area (TPSA) is 96.0 Å². The molecule has 0 aromatic heterocycles. The largest absolute Gasteiger partial charge is 0.495 e. The van der Waals surface area contributed by atoms with Crippen LogP contribution in [0.3, 0.4) is 0 Å². The summed E-state index contributed by atoms with van der Waals surface area (Å²) in [7, 11) is -2.38. The Morgan fingerprint density at radius 2 is 1.79 bits per heavy atom. The average molecular weight is 510 g/mol. The summed E-state index contributed by atoms with van der Waals surface area (Å²) in [5.41, 5.74) is 1.06. The molecule has 0 bridgehead atoms. The highest BCUT2D eigenvalue weighted by Gasteiger charge is 2.31. The highest BCUT2D eigenvalue weighted by molar-refractivity contribution is 7.92. The molecular weight excluding hydrogens is 478 g/mol. The quantitative estimate of drug-likeness (QED) is 0.472. The lowest BCUT2D eigenvalue weighted by atomic mass is 10.1. The van der Waals surface area contributed by atoms with Crippen molar-refractivity contribution in [1.29, 1.82) is 0 Å². The molecule has 8 nitrogen and oxygen atoms in total. The van der Waals surface area contributed by atoms with Crippen LogP contribution in [-0.4, -0.2) is 57.6 Å². The van der Waals surface area contributed by atoms with Crippen LogP contribution < -0.4 is 14.4 Å². The monoisotopic (exact) mass is 509 g/mol. The number of sulfonamides is 1. The molecule has 1 unspecified atom stereocenters. The van der Waals surface area contributed by atoms with E-state index in [0.717, 1.165) is 22.5 Å².